The zero-order chi connectivity index (χ0) is 19.9. The van der Waals surface area contributed by atoms with Crippen molar-refractivity contribution in [2.45, 2.75) is 84.5 Å². The van der Waals surface area contributed by atoms with Crippen LogP contribution in [0.5, 0.6) is 0 Å². The summed E-state index contributed by atoms with van der Waals surface area (Å²) < 4.78 is 0. The first-order valence-corrected chi connectivity index (χ1v) is 11.1. The number of hydrogen-bond acceptors (Lipinski definition) is 2. The molecule has 2 heteroatoms. The van der Waals surface area contributed by atoms with E-state index in [0.717, 1.165) is 18.3 Å². The monoisotopic (exact) mass is 376 g/mol. The van der Waals surface area contributed by atoms with Gasteiger partial charge in [-0.15, -0.1) is 0 Å². The van der Waals surface area contributed by atoms with E-state index in [-0.39, 0.29) is 0 Å². The summed E-state index contributed by atoms with van der Waals surface area (Å²) in [5.74, 6) is 2.24. The van der Waals surface area contributed by atoms with Crippen LogP contribution in [0.25, 0.3) is 0 Å². The molecule has 4 rings (SSSR count). The SMILES string of the molecule is CC(C)=CCC1CCc2cccnc21.CCC(CC)C1CCc2cccnc21. The van der Waals surface area contributed by atoms with Gasteiger partial charge in [-0.3, -0.25) is 9.97 Å². The fourth-order valence-corrected chi connectivity index (χ4v) is 4.86. The van der Waals surface area contributed by atoms with Crippen molar-refractivity contribution < 1.29 is 0 Å². The first-order chi connectivity index (χ1) is 13.6. The molecule has 2 aliphatic rings. The molecule has 0 aliphatic heterocycles. The molecule has 0 aromatic carbocycles. The van der Waals surface area contributed by atoms with Crippen LogP contribution in [0.3, 0.4) is 0 Å². The summed E-state index contributed by atoms with van der Waals surface area (Å²) in [5.41, 5.74) is 7.09. The van der Waals surface area contributed by atoms with Crippen LogP contribution < -0.4 is 0 Å². The zero-order valence-corrected chi connectivity index (χ0v) is 18.1. The minimum absolute atomic E-state index is 0.668. The molecule has 2 atom stereocenters. The van der Waals surface area contributed by atoms with Gasteiger partial charge < -0.3 is 0 Å². The number of aryl methyl sites for hydroxylation is 2. The summed E-state index contributed by atoms with van der Waals surface area (Å²) in [5, 5.41) is 0. The Kier molecular flexibility index (Phi) is 7.42. The molecular formula is C26H36N2. The van der Waals surface area contributed by atoms with E-state index in [1.807, 2.05) is 18.5 Å². The van der Waals surface area contributed by atoms with E-state index in [2.05, 4.69) is 61.9 Å². The molecular weight excluding hydrogens is 340 g/mol. The Morgan fingerprint density at radius 2 is 1.57 bits per heavy atom. The molecule has 0 bridgehead atoms. The van der Waals surface area contributed by atoms with Crippen LogP contribution in [-0.4, -0.2) is 9.97 Å². The Morgan fingerprint density at radius 3 is 2.21 bits per heavy atom. The van der Waals surface area contributed by atoms with Crippen LogP contribution in [0.4, 0.5) is 0 Å². The third-order valence-electron chi connectivity index (χ3n) is 6.51. The number of rotatable bonds is 5. The van der Waals surface area contributed by atoms with Gasteiger partial charge >= 0.3 is 0 Å². The second-order valence-corrected chi connectivity index (χ2v) is 8.57. The van der Waals surface area contributed by atoms with Gasteiger partial charge in [0.25, 0.3) is 0 Å². The first-order valence-electron chi connectivity index (χ1n) is 11.1. The molecule has 0 N–H and O–H groups in total. The molecule has 2 heterocycles. The maximum atomic E-state index is 4.56. The molecule has 2 unspecified atom stereocenters. The third-order valence-corrected chi connectivity index (χ3v) is 6.51. The summed E-state index contributed by atoms with van der Waals surface area (Å²) in [6.07, 6.45) is 15.0. The van der Waals surface area contributed by atoms with Crippen LogP contribution in [0, 0.1) is 5.92 Å². The van der Waals surface area contributed by atoms with Crippen molar-refractivity contribution in [1.82, 2.24) is 9.97 Å². The van der Waals surface area contributed by atoms with Crippen LogP contribution >= 0.6 is 0 Å². The molecule has 2 aliphatic carbocycles. The Balaban J connectivity index is 0.000000161. The molecule has 28 heavy (non-hydrogen) atoms. The lowest BCUT2D eigenvalue weighted by molar-refractivity contribution is 0.390. The zero-order valence-electron chi connectivity index (χ0n) is 18.1. The Hall–Kier alpha value is -1.96. The number of pyridine rings is 2. The highest BCUT2D eigenvalue weighted by Gasteiger charge is 2.28. The average molecular weight is 377 g/mol. The van der Waals surface area contributed by atoms with Crippen LogP contribution in [-0.2, 0) is 12.8 Å². The topological polar surface area (TPSA) is 25.8 Å². The fraction of sp³-hybridized carbons (Fsp3) is 0.538. The van der Waals surface area contributed by atoms with Crippen molar-refractivity contribution in [3.63, 3.8) is 0 Å². The molecule has 0 saturated heterocycles. The minimum atomic E-state index is 0.668. The highest BCUT2D eigenvalue weighted by Crippen LogP contribution is 2.39. The molecule has 150 valence electrons. The summed E-state index contributed by atoms with van der Waals surface area (Å²) >= 11 is 0. The molecule has 2 nitrogen and oxygen atoms in total. The van der Waals surface area contributed by atoms with E-state index in [1.54, 1.807) is 0 Å². The number of fused-ring (bicyclic) bond motifs is 2. The normalized spacial score (nSPS) is 19.6. The minimum Gasteiger partial charge on any atom is -0.261 e. The second-order valence-electron chi connectivity index (χ2n) is 8.57. The molecule has 0 saturated carbocycles. The molecule has 0 amide bonds. The third kappa shape index (κ3) is 4.90. The maximum Gasteiger partial charge on any atom is 0.0469 e. The van der Waals surface area contributed by atoms with E-state index < -0.39 is 0 Å². The van der Waals surface area contributed by atoms with E-state index in [0.29, 0.717) is 5.92 Å². The van der Waals surface area contributed by atoms with Gasteiger partial charge in [0.2, 0.25) is 0 Å². The first kappa shape index (κ1) is 20.8. The molecule has 0 radical (unpaired) electrons. The summed E-state index contributed by atoms with van der Waals surface area (Å²) in [7, 11) is 0. The van der Waals surface area contributed by atoms with Gasteiger partial charge in [0.05, 0.1) is 0 Å². The van der Waals surface area contributed by atoms with E-state index in [4.69, 9.17) is 0 Å². The summed E-state index contributed by atoms with van der Waals surface area (Å²) in [4.78, 5) is 9.05. The maximum absolute atomic E-state index is 4.56. The summed E-state index contributed by atoms with van der Waals surface area (Å²) in [6, 6.07) is 8.56. The van der Waals surface area contributed by atoms with Gasteiger partial charge in [0.15, 0.2) is 0 Å². The van der Waals surface area contributed by atoms with Gasteiger partial charge in [-0.2, -0.15) is 0 Å². The molecule has 2 aromatic rings. The number of hydrogen-bond donors (Lipinski definition) is 0. The quantitative estimate of drug-likeness (QED) is 0.524. The van der Waals surface area contributed by atoms with E-state index in [9.17, 15) is 0 Å². The van der Waals surface area contributed by atoms with Gasteiger partial charge in [-0.25, -0.2) is 0 Å². The molecule has 0 spiro atoms. The van der Waals surface area contributed by atoms with Gasteiger partial charge in [-0.1, -0.05) is 50.5 Å². The Bertz CT molecular complexity index is 785. The lowest BCUT2D eigenvalue weighted by Gasteiger charge is -2.20. The van der Waals surface area contributed by atoms with Crippen LogP contribution in [0.15, 0.2) is 48.3 Å². The molecule has 2 aromatic heterocycles. The standard InChI is InChI=1S/C13H17N.C13H19N/c1-10(2)5-6-12-8-7-11-4-3-9-14-13(11)12;1-3-10(4-2)12-8-7-11-6-5-9-14-13(11)12/h3-5,9,12H,6-8H2,1-2H3;5-6,9-10,12H,3-4,7-8H2,1-2H3. The Labute approximate surface area is 171 Å². The van der Waals surface area contributed by atoms with Crippen LogP contribution in [0.2, 0.25) is 0 Å². The van der Waals surface area contributed by atoms with Crippen molar-refractivity contribution in [3.8, 4) is 0 Å². The predicted molar refractivity (Wildman–Crippen MR) is 119 cm³/mol. The number of aromatic nitrogens is 2. The van der Waals surface area contributed by atoms with Crippen molar-refractivity contribution in [2.75, 3.05) is 0 Å². The van der Waals surface area contributed by atoms with Crippen molar-refractivity contribution in [3.05, 3.63) is 70.8 Å². The predicted octanol–water partition coefficient (Wildman–Crippen LogP) is 7.02. The fourth-order valence-electron chi connectivity index (χ4n) is 4.86. The van der Waals surface area contributed by atoms with Crippen molar-refractivity contribution in [2.24, 2.45) is 5.92 Å². The molecule has 0 fully saturated rings. The average Bonchev–Trinajstić information content (AvgIpc) is 3.33. The number of allylic oxidation sites excluding steroid dienone is 2. The van der Waals surface area contributed by atoms with E-state index in [1.165, 1.54) is 66.6 Å². The highest BCUT2D eigenvalue weighted by atomic mass is 14.7. The second kappa shape index (κ2) is 10.0. The summed E-state index contributed by atoms with van der Waals surface area (Å²) in [6.45, 7) is 8.92. The largest absolute Gasteiger partial charge is 0.261 e. The Morgan fingerprint density at radius 1 is 0.964 bits per heavy atom. The lowest BCUT2D eigenvalue weighted by atomic mass is 9.86. The lowest BCUT2D eigenvalue weighted by Crippen LogP contribution is -2.09. The highest BCUT2D eigenvalue weighted by molar-refractivity contribution is 5.30. The van der Waals surface area contributed by atoms with Crippen molar-refractivity contribution >= 4 is 0 Å². The number of nitrogens with zero attached hydrogens (tertiary/aromatic N) is 2. The van der Waals surface area contributed by atoms with Gasteiger partial charge in [0, 0.05) is 35.6 Å². The van der Waals surface area contributed by atoms with E-state index >= 15 is 0 Å². The smallest absolute Gasteiger partial charge is 0.0469 e. The van der Waals surface area contributed by atoms with Crippen LogP contribution in [0.1, 0.15) is 94.1 Å². The van der Waals surface area contributed by atoms with Gasteiger partial charge in [0.1, 0.15) is 0 Å². The van der Waals surface area contributed by atoms with Gasteiger partial charge in [-0.05, 0) is 75.1 Å². The van der Waals surface area contributed by atoms with Crippen molar-refractivity contribution in [1.29, 1.82) is 0 Å².